The van der Waals surface area contributed by atoms with Gasteiger partial charge in [-0.25, -0.2) is 13.2 Å². The van der Waals surface area contributed by atoms with E-state index in [1.165, 1.54) is 30.3 Å². The Hall–Kier alpha value is -1.49. The van der Waals surface area contributed by atoms with Gasteiger partial charge in [-0.05, 0) is 40.2 Å². The van der Waals surface area contributed by atoms with Crippen LogP contribution in [0.4, 0.5) is 24.5 Å². The molecule has 0 aliphatic rings. The van der Waals surface area contributed by atoms with Crippen LogP contribution in [0.1, 0.15) is 0 Å². The molecule has 0 aliphatic carbocycles. The Kier molecular flexibility index (Phi) is 3.38. The van der Waals surface area contributed by atoms with Crippen molar-refractivity contribution in [3.05, 3.63) is 58.3 Å². The van der Waals surface area contributed by atoms with E-state index in [0.717, 1.165) is 0 Å². The molecule has 88 valence electrons. The van der Waals surface area contributed by atoms with Crippen LogP contribution in [0.25, 0.3) is 0 Å². The Morgan fingerprint density at radius 1 is 0.824 bits per heavy atom. The highest BCUT2D eigenvalue weighted by atomic mass is 79.9. The number of hydrogen-bond acceptors (Lipinski definition) is 1. The Morgan fingerprint density at radius 2 is 1.53 bits per heavy atom. The van der Waals surface area contributed by atoms with Gasteiger partial charge in [0.1, 0.15) is 5.82 Å². The van der Waals surface area contributed by atoms with Gasteiger partial charge in [-0.3, -0.25) is 0 Å². The Balaban J connectivity index is 2.38. The average Bonchev–Trinajstić information content (AvgIpc) is 2.32. The molecule has 0 saturated heterocycles. The molecule has 0 fully saturated rings. The maximum atomic E-state index is 13.5. The summed E-state index contributed by atoms with van der Waals surface area (Å²) in [4.78, 5) is 0. The molecule has 5 heteroatoms. The van der Waals surface area contributed by atoms with Crippen LogP contribution in [0.5, 0.6) is 0 Å². The number of nitrogens with one attached hydrogen (secondary N) is 1. The van der Waals surface area contributed by atoms with Gasteiger partial charge in [0, 0.05) is 0 Å². The lowest BCUT2D eigenvalue weighted by molar-refractivity contribution is 0.507. The van der Waals surface area contributed by atoms with Gasteiger partial charge >= 0.3 is 0 Å². The molecule has 0 aliphatic heterocycles. The Bertz CT molecular complexity index is 557. The minimum absolute atomic E-state index is 0.0223. The third kappa shape index (κ3) is 2.44. The summed E-state index contributed by atoms with van der Waals surface area (Å²) < 4.78 is 40.0. The second-order valence-corrected chi connectivity index (χ2v) is 4.18. The molecule has 2 aromatic carbocycles. The van der Waals surface area contributed by atoms with E-state index in [1.54, 1.807) is 6.07 Å². The fourth-order valence-corrected chi connectivity index (χ4v) is 1.64. The number of benzene rings is 2. The maximum Gasteiger partial charge on any atom is 0.183 e. The Morgan fingerprint density at radius 3 is 2.24 bits per heavy atom. The smallest absolute Gasteiger partial charge is 0.183 e. The van der Waals surface area contributed by atoms with Crippen LogP contribution in [0.3, 0.4) is 0 Å². The largest absolute Gasteiger partial charge is 0.351 e. The summed E-state index contributed by atoms with van der Waals surface area (Å²) in [6, 6.07) is 8.46. The van der Waals surface area contributed by atoms with Gasteiger partial charge < -0.3 is 5.32 Å². The topological polar surface area (TPSA) is 12.0 Å². The highest BCUT2D eigenvalue weighted by Crippen LogP contribution is 2.27. The van der Waals surface area contributed by atoms with Crippen molar-refractivity contribution in [3.8, 4) is 0 Å². The molecule has 2 rings (SSSR count). The van der Waals surface area contributed by atoms with Crippen LogP contribution >= 0.6 is 15.9 Å². The molecular weight excluding hydrogens is 295 g/mol. The fourth-order valence-electron chi connectivity index (χ4n) is 1.33. The summed E-state index contributed by atoms with van der Waals surface area (Å²) in [6.07, 6.45) is 0. The lowest BCUT2D eigenvalue weighted by Gasteiger charge is -2.09. The molecule has 17 heavy (non-hydrogen) atoms. The van der Waals surface area contributed by atoms with E-state index >= 15 is 0 Å². The molecule has 0 spiro atoms. The molecular formula is C12H7BrF3N. The van der Waals surface area contributed by atoms with Crippen molar-refractivity contribution in [2.75, 3.05) is 5.32 Å². The van der Waals surface area contributed by atoms with Gasteiger partial charge in [0.15, 0.2) is 11.6 Å². The quantitative estimate of drug-likeness (QED) is 0.799. The molecule has 1 N–H and O–H groups in total. The first-order valence-corrected chi connectivity index (χ1v) is 5.54. The lowest BCUT2D eigenvalue weighted by atomic mass is 10.2. The van der Waals surface area contributed by atoms with Crippen molar-refractivity contribution in [2.45, 2.75) is 0 Å². The van der Waals surface area contributed by atoms with Gasteiger partial charge in [0.05, 0.1) is 15.8 Å². The van der Waals surface area contributed by atoms with Crippen molar-refractivity contribution in [2.24, 2.45) is 0 Å². The summed E-state index contributed by atoms with van der Waals surface area (Å²) in [5, 5.41) is 2.50. The van der Waals surface area contributed by atoms with Gasteiger partial charge in [-0.15, -0.1) is 0 Å². The number of anilines is 2. The van der Waals surface area contributed by atoms with Gasteiger partial charge in [-0.1, -0.05) is 12.1 Å². The minimum atomic E-state index is -1.05. The fraction of sp³-hybridized carbons (Fsp3) is 0. The molecule has 2 aromatic rings. The van der Waals surface area contributed by atoms with Crippen LogP contribution in [0, 0.1) is 17.5 Å². The highest BCUT2D eigenvalue weighted by molar-refractivity contribution is 9.10. The predicted octanol–water partition coefficient (Wildman–Crippen LogP) is 4.61. The van der Waals surface area contributed by atoms with Crippen molar-refractivity contribution in [1.82, 2.24) is 0 Å². The second-order valence-electron chi connectivity index (χ2n) is 3.33. The monoisotopic (exact) mass is 301 g/mol. The van der Waals surface area contributed by atoms with Crippen molar-refractivity contribution in [3.63, 3.8) is 0 Å². The van der Waals surface area contributed by atoms with E-state index in [2.05, 4.69) is 21.2 Å². The standard InChI is InChI=1S/C12H7BrF3N/c13-7-5-6-10(12(16)11(7)15)17-9-4-2-1-3-8(9)14/h1-6,17H. The van der Waals surface area contributed by atoms with Crippen LogP contribution in [0.15, 0.2) is 40.9 Å². The average molecular weight is 302 g/mol. The molecule has 0 bridgehead atoms. The van der Waals surface area contributed by atoms with Crippen LogP contribution in [-0.4, -0.2) is 0 Å². The molecule has 0 atom stereocenters. The maximum absolute atomic E-state index is 13.5. The van der Waals surface area contributed by atoms with Crippen LogP contribution < -0.4 is 5.32 Å². The summed E-state index contributed by atoms with van der Waals surface area (Å²) in [5.41, 5.74) is -0.0241. The molecule has 0 amide bonds. The van der Waals surface area contributed by atoms with E-state index in [9.17, 15) is 13.2 Å². The minimum Gasteiger partial charge on any atom is -0.351 e. The first-order chi connectivity index (χ1) is 8.09. The van der Waals surface area contributed by atoms with Crippen molar-refractivity contribution >= 4 is 27.3 Å². The van der Waals surface area contributed by atoms with E-state index in [-0.39, 0.29) is 15.8 Å². The zero-order chi connectivity index (χ0) is 12.4. The molecule has 0 saturated carbocycles. The zero-order valence-electron chi connectivity index (χ0n) is 8.48. The number of rotatable bonds is 2. The van der Waals surface area contributed by atoms with Gasteiger partial charge in [0.25, 0.3) is 0 Å². The lowest BCUT2D eigenvalue weighted by Crippen LogP contribution is -1.98. The summed E-state index contributed by atoms with van der Waals surface area (Å²) in [5.74, 6) is -2.59. The van der Waals surface area contributed by atoms with Crippen molar-refractivity contribution < 1.29 is 13.2 Å². The molecule has 1 nitrogen and oxygen atoms in total. The van der Waals surface area contributed by atoms with Crippen molar-refractivity contribution in [1.29, 1.82) is 0 Å². The molecule has 0 aromatic heterocycles. The van der Waals surface area contributed by atoms with E-state index < -0.39 is 17.5 Å². The SMILES string of the molecule is Fc1ccccc1Nc1ccc(Br)c(F)c1F. The number of hydrogen-bond donors (Lipinski definition) is 1. The van der Waals surface area contributed by atoms with E-state index in [4.69, 9.17) is 0 Å². The predicted molar refractivity (Wildman–Crippen MR) is 63.7 cm³/mol. The third-order valence-corrected chi connectivity index (χ3v) is 2.79. The molecule has 0 heterocycles. The number of halogens is 4. The normalized spacial score (nSPS) is 10.4. The van der Waals surface area contributed by atoms with E-state index in [0.29, 0.717) is 0 Å². The van der Waals surface area contributed by atoms with Crippen LogP contribution in [-0.2, 0) is 0 Å². The van der Waals surface area contributed by atoms with Gasteiger partial charge in [0.2, 0.25) is 0 Å². The van der Waals surface area contributed by atoms with Gasteiger partial charge in [-0.2, -0.15) is 0 Å². The first-order valence-electron chi connectivity index (χ1n) is 4.74. The number of para-hydroxylation sites is 1. The summed E-state index contributed by atoms with van der Waals surface area (Å²) in [7, 11) is 0. The second kappa shape index (κ2) is 4.79. The Labute approximate surface area is 104 Å². The van der Waals surface area contributed by atoms with Crippen LogP contribution in [0.2, 0.25) is 0 Å². The summed E-state index contributed by atoms with van der Waals surface area (Å²) >= 11 is 2.86. The summed E-state index contributed by atoms with van der Waals surface area (Å²) in [6.45, 7) is 0. The van der Waals surface area contributed by atoms with E-state index in [1.807, 2.05) is 0 Å². The zero-order valence-corrected chi connectivity index (χ0v) is 10.1. The first kappa shape index (κ1) is 12.0. The molecule has 0 radical (unpaired) electrons. The highest BCUT2D eigenvalue weighted by Gasteiger charge is 2.12. The molecule has 0 unspecified atom stereocenters. The third-order valence-electron chi connectivity index (χ3n) is 2.18.